The van der Waals surface area contributed by atoms with E-state index < -0.39 is 5.60 Å². The number of aliphatic hydroxyl groups is 1. The molecule has 5 atom stereocenters. The monoisotopic (exact) mass is 435 g/mol. The third kappa shape index (κ3) is 3.06. The first-order chi connectivity index (χ1) is 15.2. The van der Waals surface area contributed by atoms with E-state index in [2.05, 4.69) is 64.0 Å². The number of carbonyl (C=O) groups excluding carboxylic acids is 1. The van der Waals surface area contributed by atoms with Gasteiger partial charge < -0.3 is 14.7 Å². The minimum Gasteiger partial charge on any atom is -0.389 e. The number of carbonyl (C=O) groups is 1. The van der Waals surface area contributed by atoms with Crippen molar-refractivity contribution in [3.8, 4) is 0 Å². The quantitative estimate of drug-likeness (QED) is 0.724. The predicted octanol–water partition coefficient (Wildman–Crippen LogP) is 5.03. The van der Waals surface area contributed by atoms with Crippen LogP contribution in [0, 0.1) is 17.3 Å². The lowest BCUT2D eigenvalue weighted by Crippen LogP contribution is -2.56. The summed E-state index contributed by atoms with van der Waals surface area (Å²) in [5.41, 5.74) is 5.44. The summed E-state index contributed by atoms with van der Waals surface area (Å²) in [4.78, 5) is 14.3. The van der Waals surface area contributed by atoms with Gasteiger partial charge in [-0.3, -0.25) is 4.79 Å². The molecular formula is C28H37NO3. The minimum atomic E-state index is -0.683. The number of ether oxygens (including phenoxy) is 1. The van der Waals surface area contributed by atoms with Crippen LogP contribution in [0.25, 0.3) is 0 Å². The van der Waals surface area contributed by atoms with E-state index in [1.165, 1.54) is 22.4 Å². The highest BCUT2D eigenvalue weighted by Crippen LogP contribution is 2.65. The average molecular weight is 436 g/mol. The molecule has 32 heavy (non-hydrogen) atoms. The van der Waals surface area contributed by atoms with Gasteiger partial charge in [-0.2, -0.15) is 0 Å². The first kappa shape index (κ1) is 21.9. The molecule has 1 N–H and O–H groups in total. The van der Waals surface area contributed by atoms with Crippen LogP contribution in [-0.4, -0.2) is 43.3 Å². The molecule has 2 saturated carbocycles. The largest absolute Gasteiger partial charge is 0.389 e. The summed E-state index contributed by atoms with van der Waals surface area (Å²) in [7, 11) is 4.13. The molecule has 1 aromatic rings. The van der Waals surface area contributed by atoms with Crippen LogP contribution in [0.3, 0.4) is 0 Å². The van der Waals surface area contributed by atoms with Gasteiger partial charge in [0.25, 0.3) is 0 Å². The minimum absolute atomic E-state index is 0.0282. The van der Waals surface area contributed by atoms with Gasteiger partial charge in [-0.1, -0.05) is 32.9 Å². The Morgan fingerprint density at radius 3 is 2.53 bits per heavy atom. The van der Waals surface area contributed by atoms with Gasteiger partial charge in [-0.25, -0.2) is 0 Å². The first-order valence-corrected chi connectivity index (χ1v) is 12.2. The van der Waals surface area contributed by atoms with E-state index in [9.17, 15) is 9.90 Å². The molecule has 172 valence electrons. The van der Waals surface area contributed by atoms with Crippen molar-refractivity contribution in [2.75, 3.05) is 25.6 Å². The summed E-state index contributed by atoms with van der Waals surface area (Å²) in [6.45, 7) is 7.16. The fourth-order valence-electron chi connectivity index (χ4n) is 7.30. The van der Waals surface area contributed by atoms with E-state index in [-0.39, 0.29) is 29.1 Å². The standard InChI is InChI=1S/C28H37NO3/c1-17(2)28(31)13-12-24-26-25(22-11-10-21(30)14-19(22)16-32-26)23(15-27(24,28)3)18-6-8-20(9-7-18)29(4)5/h6-9,14,17,23-24,26,31H,10-13,15-16H2,1-5H3/t23?,24-,26-,27-,28+/m0/s1. The number of ketones is 1. The number of anilines is 1. The molecule has 0 spiro atoms. The van der Waals surface area contributed by atoms with Crippen LogP contribution < -0.4 is 4.90 Å². The van der Waals surface area contributed by atoms with Gasteiger partial charge in [-0.05, 0) is 78.0 Å². The fourth-order valence-corrected chi connectivity index (χ4v) is 7.30. The van der Waals surface area contributed by atoms with Crippen molar-refractivity contribution in [2.24, 2.45) is 17.3 Å². The van der Waals surface area contributed by atoms with Gasteiger partial charge in [0.1, 0.15) is 0 Å². The van der Waals surface area contributed by atoms with E-state index in [1.54, 1.807) is 0 Å². The van der Waals surface area contributed by atoms with E-state index in [4.69, 9.17) is 4.74 Å². The highest BCUT2D eigenvalue weighted by molar-refractivity contribution is 5.93. The topological polar surface area (TPSA) is 49.8 Å². The van der Waals surface area contributed by atoms with Crippen LogP contribution in [0.15, 0.2) is 47.1 Å². The lowest BCUT2D eigenvalue weighted by molar-refractivity contribution is -0.138. The second-order valence-electron chi connectivity index (χ2n) is 11.2. The Kier molecular flexibility index (Phi) is 5.18. The number of hydrogen-bond donors (Lipinski definition) is 1. The molecular weight excluding hydrogens is 398 g/mol. The summed E-state index contributed by atoms with van der Waals surface area (Å²) < 4.78 is 6.57. The summed E-state index contributed by atoms with van der Waals surface area (Å²) in [6.07, 6.45) is 6.02. The summed E-state index contributed by atoms with van der Waals surface area (Å²) >= 11 is 0. The number of nitrogens with zero attached hydrogens (tertiary/aromatic N) is 1. The molecule has 0 amide bonds. The molecule has 4 aliphatic rings. The number of allylic oxidation sites excluding steroid dienone is 1. The molecule has 2 fully saturated rings. The van der Waals surface area contributed by atoms with E-state index in [1.807, 2.05) is 6.08 Å². The Balaban J connectivity index is 1.66. The Labute approximate surface area is 192 Å². The molecule has 4 heteroatoms. The Morgan fingerprint density at radius 1 is 1.16 bits per heavy atom. The summed E-state index contributed by atoms with van der Waals surface area (Å²) in [5, 5.41) is 11.9. The molecule has 1 unspecified atom stereocenters. The number of hydrogen-bond acceptors (Lipinski definition) is 4. The van der Waals surface area contributed by atoms with Gasteiger partial charge >= 0.3 is 0 Å². The summed E-state index contributed by atoms with van der Waals surface area (Å²) in [5.74, 6) is 0.936. The molecule has 0 radical (unpaired) electrons. The molecule has 4 nitrogen and oxygen atoms in total. The van der Waals surface area contributed by atoms with E-state index in [0.29, 0.717) is 18.9 Å². The van der Waals surface area contributed by atoms with Crippen LogP contribution in [0.5, 0.6) is 0 Å². The molecule has 5 rings (SSSR count). The number of rotatable bonds is 3. The zero-order valence-corrected chi connectivity index (χ0v) is 20.1. The van der Waals surface area contributed by atoms with Crippen molar-refractivity contribution in [2.45, 2.75) is 70.5 Å². The average Bonchev–Trinajstić information content (AvgIpc) is 3.04. The van der Waals surface area contributed by atoms with Crippen molar-refractivity contribution in [3.05, 3.63) is 52.6 Å². The van der Waals surface area contributed by atoms with E-state index in [0.717, 1.165) is 31.3 Å². The van der Waals surface area contributed by atoms with Crippen LogP contribution in [0.4, 0.5) is 5.69 Å². The van der Waals surface area contributed by atoms with Crippen molar-refractivity contribution in [1.82, 2.24) is 0 Å². The van der Waals surface area contributed by atoms with Crippen molar-refractivity contribution in [1.29, 1.82) is 0 Å². The highest BCUT2D eigenvalue weighted by Gasteiger charge is 2.64. The normalized spacial score (nSPS) is 36.5. The van der Waals surface area contributed by atoms with Crippen LogP contribution in [-0.2, 0) is 9.53 Å². The second kappa shape index (κ2) is 7.56. The fraction of sp³-hybridized carbons (Fsp3) is 0.607. The maximum Gasteiger partial charge on any atom is 0.156 e. The van der Waals surface area contributed by atoms with E-state index >= 15 is 0 Å². The van der Waals surface area contributed by atoms with Crippen molar-refractivity contribution < 1.29 is 14.6 Å². The van der Waals surface area contributed by atoms with Crippen LogP contribution >= 0.6 is 0 Å². The highest BCUT2D eigenvalue weighted by atomic mass is 16.5. The Hall–Kier alpha value is -1.91. The smallest absolute Gasteiger partial charge is 0.156 e. The number of fused-ring (bicyclic) bond motifs is 4. The van der Waals surface area contributed by atoms with Gasteiger partial charge in [0.2, 0.25) is 0 Å². The molecule has 1 aliphatic heterocycles. The van der Waals surface area contributed by atoms with Gasteiger partial charge in [0, 0.05) is 37.5 Å². The van der Waals surface area contributed by atoms with Gasteiger partial charge in [-0.15, -0.1) is 0 Å². The van der Waals surface area contributed by atoms with Crippen LogP contribution in [0.1, 0.15) is 64.4 Å². The predicted molar refractivity (Wildman–Crippen MR) is 128 cm³/mol. The summed E-state index contributed by atoms with van der Waals surface area (Å²) in [6, 6.07) is 8.89. The molecule has 0 aromatic heterocycles. The van der Waals surface area contributed by atoms with Gasteiger partial charge in [0.15, 0.2) is 5.78 Å². The number of benzene rings is 1. The molecule has 1 heterocycles. The van der Waals surface area contributed by atoms with Gasteiger partial charge in [0.05, 0.1) is 18.3 Å². The van der Waals surface area contributed by atoms with Crippen molar-refractivity contribution in [3.63, 3.8) is 0 Å². The lowest BCUT2D eigenvalue weighted by atomic mass is 9.54. The maximum absolute atomic E-state index is 12.1. The molecule has 0 bridgehead atoms. The maximum atomic E-state index is 12.1. The molecule has 3 aliphatic carbocycles. The van der Waals surface area contributed by atoms with Crippen molar-refractivity contribution >= 4 is 11.5 Å². The Bertz CT molecular complexity index is 988. The second-order valence-corrected chi connectivity index (χ2v) is 11.2. The zero-order chi connectivity index (χ0) is 22.8. The Morgan fingerprint density at radius 2 is 1.88 bits per heavy atom. The zero-order valence-electron chi connectivity index (χ0n) is 20.1. The first-order valence-electron chi connectivity index (χ1n) is 12.2. The molecule has 0 saturated heterocycles. The van der Waals surface area contributed by atoms with Crippen LogP contribution in [0.2, 0.25) is 0 Å². The lowest BCUT2D eigenvalue weighted by Gasteiger charge is -2.55. The SMILES string of the molecule is CC(C)[C@]1(O)CC[C@H]2[C@@H]3OCC4=CC(=O)CCC4=C3C(c3ccc(N(C)C)cc3)C[C@@]21C. The third-order valence-corrected chi connectivity index (χ3v) is 9.20. The third-order valence-electron chi connectivity index (χ3n) is 9.20. The molecule has 1 aromatic carbocycles.